The molecule has 0 N–H and O–H groups in total. The third kappa shape index (κ3) is 4.06. The van der Waals surface area contributed by atoms with Gasteiger partial charge in [0, 0.05) is 12.4 Å². The minimum atomic E-state index is -4.41. The molecule has 0 unspecified atom stereocenters. The Balaban J connectivity index is 2.00. The topological polar surface area (TPSA) is 53.0 Å². The summed E-state index contributed by atoms with van der Waals surface area (Å²) < 4.78 is 38.8. The van der Waals surface area contributed by atoms with Crippen LogP contribution in [0.2, 0.25) is 0 Å². The second-order valence-electron chi connectivity index (χ2n) is 5.32. The Labute approximate surface area is 145 Å². The summed E-state index contributed by atoms with van der Waals surface area (Å²) in [5.74, 6) is -1.28. The predicted octanol–water partition coefficient (Wildman–Crippen LogP) is 4.00. The molecule has 0 saturated heterocycles. The van der Waals surface area contributed by atoms with Gasteiger partial charge < -0.3 is 9.90 Å². The first-order chi connectivity index (χ1) is 11.8. The molecule has 2 aromatic carbocycles. The number of halogens is 3. The molecule has 25 heavy (non-hydrogen) atoms. The lowest BCUT2D eigenvalue weighted by Gasteiger charge is -2.08. The van der Waals surface area contributed by atoms with E-state index < -0.39 is 17.7 Å². The largest absolute Gasteiger partial charge is 0.550 e. The van der Waals surface area contributed by atoms with Crippen molar-refractivity contribution in [1.29, 1.82) is 0 Å². The molecule has 0 radical (unpaired) electrons. The van der Waals surface area contributed by atoms with Gasteiger partial charge in [-0.25, -0.2) is 4.98 Å². The molecule has 0 amide bonds. The highest BCUT2D eigenvalue weighted by Gasteiger charge is 2.29. The molecule has 128 valence electrons. The Kier molecular flexibility index (Phi) is 4.59. The molecule has 0 fully saturated rings. The van der Waals surface area contributed by atoms with E-state index in [-0.39, 0.29) is 6.42 Å². The number of hydrogen-bond acceptors (Lipinski definition) is 4. The number of rotatable bonds is 4. The normalized spacial score (nSPS) is 12.5. The number of aliphatic carboxylic acids is 1. The van der Waals surface area contributed by atoms with Gasteiger partial charge in [0.1, 0.15) is 5.01 Å². The van der Waals surface area contributed by atoms with E-state index in [1.807, 2.05) is 24.3 Å². The fourth-order valence-electron chi connectivity index (χ4n) is 2.32. The Morgan fingerprint density at radius 2 is 1.80 bits per heavy atom. The quantitative estimate of drug-likeness (QED) is 0.705. The van der Waals surface area contributed by atoms with Crippen molar-refractivity contribution >= 4 is 39.2 Å². The number of aromatic nitrogens is 1. The zero-order valence-corrected chi connectivity index (χ0v) is 13.5. The van der Waals surface area contributed by atoms with E-state index in [0.29, 0.717) is 16.1 Å². The van der Waals surface area contributed by atoms with E-state index >= 15 is 0 Å². The van der Waals surface area contributed by atoms with Crippen LogP contribution in [0.5, 0.6) is 0 Å². The van der Waals surface area contributed by atoms with Crippen molar-refractivity contribution in [3.8, 4) is 0 Å². The maximum absolute atomic E-state index is 12.6. The first-order valence-electron chi connectivity index (χ1n) is 7.26. The first-order valence-corrected chi connectivity index (χ1v) is 8.08. The van der Waals surface area contributed by atoms with Gasteiger partial charge in [-0.15, -0.1) is 11.3 Å². The lowest BCUT2D eigenvalue weighted by atomic mass is 10.1. The number of thiazole rings is 1. The lowest BCUT2D eigenvalue weighted by molar-refractivity contribution is -0.304. The molecule has 0 bridgehead atoms. The highest BCUT2D eigenvalue weighted by Crippen LogP contribution is 2.32. The van der Waals surface area contributed by atoms with Crippen molar-refractivity contribution in [3.05, 3.63) is 64.7 Å². The number of carboxylic acid groups (broad SMARTS) is 1. The average Bonchev–Trinajstić information content (AvgIpc) is 2.97. The van der Waals surface area contributed by atoms with Crippen molar-refractivity contribution < 1.29 is 23.1 Å². The maximum atomic E-state index is 12.6. The SMILES string of the molecule is O=C([O-])C/C(=C\c1ccc(C(F)(F)F)cc1)c1nc2ccccc2s1. The van der Waals surface area contributed by atoms with Crippen LogP contribution in [0.1, 0.15) is 22.6 Å². The molecule has 0 aliphatic rings. The molecule has 0 spiro atoms. The number of carbonyl (C=O) groups is 1. The van der Waals surface area contributed by atoms with Gasteiger partial charge in [0.05, 0.1) is 15.8 Å². The van der Waals surface area contributed by atoms with Gasteiger partial charge in [-0.05, 0) is 41.5 Å². The molecule has 3 rings (SSSR count). The third-order valence-electron chi connectivity index (χ3n) is 3.48. The minimum Gasteiger partial charge on any atom is -0.550 e. The molecule has 0 aliphatic carbocycles. The zero-order chi connectivity index (χ0) is 18.0. The Bertz CT molecular complexity index is 910. The summed E-state index contributed by atoms with van der Waals surface area (Å²) in [5.41, 5.74) is 0.828. The van der Waals surface area contributed by atoms with Gasteiger partial charge in [-0.2, -0.15) is 13.2 Å². The Morgan fingerprint density at radius 3 is 2.40 bits per heavy atom. The number of benzene rings is 2. The number of para-hydroxylation sites is 1. The van der Waals surface area contributed by atoms with E-state index in [4.69, 9.17) is 0 Å². The van der Waals surface area contributed by atoms with Gasteiger partial charge in [-0.3, -0.25) is 0 Å². The monoisotopic (exact) mass is 362 g/mol. The predicted molar refractivity (Wildman–Crippen MR) is 88.6 cm³/mol. The van der Waals surface area contributed by atoms with Crippen molar-refractivity contribution in [2.24, 2.45) is 0 Å². The van der Waals surface area contributed by atoms with Gasteiger partial charge >= 0.3 is 6.18 Å². The van der Waals surface area contributed by atoms with Gasteiger partial charge in [-0.1, -0.05) is 24.3 Å². The van der Waals surface area contributed by atoms with Crippen LogP contribution in [0.3, 0.4) is 0 Å². The van der Waals surface area contributed by atoms with Crippen LogP contribution in [0.25, 0.3) is 21.9 Å². The second-order valence-corrected chi connectivity index (χ2v) is 6.36. The van der Waals surface area contributed by atoms with Crippen LogP contribution in [0, 0.1) is 0 Å². The van der Waals surface area contributed by atoms with Crippen molar-refractivity contribution in [2.75, 3.05) is 0 Å². The summed E-state index contributed by atoms with van der Waals surface area (Å²) >= 11 is 1.32. The number of nitrogens with zero attached hydrogens (tertiary/aromatic N) is 1. The van der Waals surface area contributed by atoms with E-state index in [9.17, 15) is 23.1 Å². The van der Waals surface area contributed by atoms with Crippen LogP contribution in [0.15, 0.2) is 48.5 Å². The lowest BCUT2D eigenvalue weighted by Crippen LogP contribution is -2.22. The van der Waals surface area contributed by atoms with Gasteiger partial charge in [0.15, 0.2) is 0 Å². The van der Waals surface area contributed by atoms with Gasteiger partial charge in [0.2, 0.25) is 0 Å². The van der Waals surface area contributed by atoms with Crippen molar-refractivity contribution in [1.82, 2.24) is 4.98 Å². The molecule has 3 aromatic rings. The maximum Gasteiger partial charge on any atom is 0.416 e. The molecule has 3 nitrogen and oxygen atoms in total. The summed E-state index contributed by atoms with van der Waals surface area (Å²) in [5, 5.41) is 11.6. The number of carbonyl (C=O) groups excluding carboxylic acids is 1. The fourth-order valence-corrected chi connectivity index (χ4v) is 3.30. The van der Waals surface area contributed by atoms with Crippen LogP contribution >= 0.6 is 11.3 Å². The average molecular weight is 362 g/mol. The van der Waals surface area contributed by atoms with Gasteiger partial charge in [0.25, 0.3) is 0 Å². The second kappa shape index (κ2) is 6.68. The molecule has 1 aromatic heterocycles. The van der Waals surface area contributed by atoms with Crippen LogP contribution in [0.4, 0.5) is 13.2 Å². The summed E-state index contributed by atoms with van der Waals surface area (Å²) in [7, 11) is 0. The number of fused-ring (bicyclic) bond motifs is 1. The number of carboxylic acids is 1. The highest BCUT2D eigenvalue weighted by molar-refractivity contribution is 7.19. The number of alkyl halides is 3. The molecule has 0 atom stereocenters. The fraction of sp³-hybridized carbons (Fsp3) is 0.111. The zero-order valence-electron chi connectivity index (χ0n) is 12.7. The molecular formula is C18H11F3NO2S-. The summed E-state index contributed by atoms with van der Waals surface area (Å²) in [6.45, 7) is 0. The van der Waals surface area contributed by atoms with Crippen molar-refractivity contribution in [3.63, 3.8) is 0 Å². The van der Waals surface area contributed by atoms with E-state index in [1.165, 1.54) is 29.5 Å². The van der Waals surface area contributed by atoms with E-state index in [2.05, 4.69) is 4.98 Å². The summed E-state index contributed by atoms with van der Waals surface area (Å²) in [6, 6.07) is 11.9. The highest BCUT2D eigenvalue weighted by atomic mass is 32.1. The van der Waals surface area contributed by atoms with Crippen LogP contribution in [-0.4, -0.2) is 11.0 Å². The first kappa shape index (κ1) is 17.2. The molecule has 0 aliphatic heterocycles. The smallest absolute Gasteiger partial charge is 0.416 e. The summed E-state index contributed by atoms with van der Waals surface area (Å²) in [4.78, 5) is 15.4. The standard InChI is InChI=1S/C18H12F3NO2S/c19-18(20,21)13-7-5-11(6-8-13)9-12(10-16(23)24)17-22-14-3-1-2-4-15(14)25-17/h1-9H,10H2,(H,23,24)/p-1/b12-9+. The minimum absolute atomic E-state index is 0.374. The molecule has 1 heterocycles. The van der Waals surface area contributed by atoms with Crippen molar-refractivity contribution in [2.45, 2.75) is 12.6 Å². The molecule has 7 heteroatoms. The molecular weight excluding hydrogens is 351 g/mol. The third-order valence-corrected chi connectivity index (χ3v) is 4.59. The Hall–Kier alpha value is -2.67. The molecule has 0 saturated carbocycles. The van der Waals surface area contributed by atoms with Crippen LogP contribution in [-0.2, 0) is 11.0 Å². The van der Waals surface area contributed by atoms with E-state index in [0.717, 1.165) is 22.3 Å². The Morgan fingerprint density at radius 1 is 1.12 bits per heavy atom. The van der Waals surface area contributed by atoms with E-state index in [1.54, 1.807) is 0 Å². The van der Waals surface area contributed by atoms with Crippen LogP contribution < -0.4 is 5.11 Å². The number of hydrogen-bond donors (Lipinski definition) is 0. The summed E-state index contributed by atoms with van der Waals surface area (Å²) in [6.07, 6.45) is -3.27.